The number of hydrogen-bond acceptors (Lipinski definition) is 7. The van der Waals surface area contributed by atoms with Gasteiger partial charge in [0.05, 0.1) is 25.9 Å². The van der Waals surface area contributed by atoms with Crippen molar-refractivity contribution in [3.05, 3.63) is 29.8 Å². The van der Waals surface area contributed by atoms with E-state index in [1.54, 1.807) is 0 Å². The number of hydrogen-bond donors (Lipinski definition) is 2. The van der Waals surface area contributed by atoms with Crippen LogP contribution in [0.2, 0.25) is 0 Å². The molecule has 7 heteroatoms. The number of likely N-dealkylation sites (tertiary alicyclic amines) is 1. The molecule has 0 bridgehead atoms. The van der Waals surface area contributed by atoms with Gasteiger partial charge in [0, 0.05) is 32.3 Å². The number of ether oxygens (including phenoxy) is 4. The van der Waals surface area contributed by atoms with Gasteiger partial charge >= 0.3 is 0 Å². The van der Waals surface area contributed by atoms with Crippen LogP contribution in [-0.2, 0) is 14.2 Å². The van der Waals surface area contributed by atoms with Gasteiger partial charge in [-0.2, -0.15) is 0 Å². The monoisotopic (exact) mass is 408 g/mol. The molecular formula is C22H36N2O5. The molecule has 1 aromatic rings. The minimum absolute atomic E-state index is 0.0645. The van der Waals surface area contributed by atoms with Crippen LogP contribution in [0.15, 0.2) is 24.3 Å². The Morgan fingerprint density at radius 2 is 2.00 bits per heavy atom. The SMILES string of the molecule is CN[C@H](CN1CCC(OCCO)C1)c1ccc(OCCOC2CCCCO2)cc1. The summed E-state index contributed by atoms with van der Waals surface area (Å²) in [7, 11) is 2.00. The molecule has 29 heavy (non-hydrogen) atoms. The predicted octanol–water partition coefficient (Wildman–Crippen LogP) is 1.95. The summed E-state index contributed by atoms with van der Waals surface area (Å²) in [6, 6.07) is 8.55. The second-order valence-electron chi connectivity index (χ2n) is 7.69. The lowest BCUT2D eigenvalue weighted by Crippen LogP contribution is -2.33. The van der Waals surface area contributed by atoms with Crippen LogP contribution >= 0.6 is 0 Å². The molecule has 0 amide bonds. The Bertz CT molecular complexity index is 565. The molecule has 2 saturated heterocycles. The zero-order chi connectivity index (χ0) is 20.3. The van der Waals surface area contributed by atoms with Gasteiger partial charge in [0.15, 0.2) is 6.29 Å². The van der Waals surface area contributed by atoms with Crippen LogP contribution in [0, 0.1) is 0 Å². The Morgan fingerprint density at radius 1 is 1.14 bits per heavy atom. The van der Waals surface area contributed by atoms with Crippen molar-refractivity contribution in [3.8, 4) is 5.75 Å². The lowest BCUT2D eigenvalue weighted by molar-refractivity contribution is -0.165. The predicted molar refractivity (Wildman–Crippen MR) is 111 cm³/mol. The zero-order valence-electron chi connectivity index (χ0n) is 17.6. The van der Waals surface area contributed by atoms with E-state index in [-0.39, 0.29) is 25.0 Å². The van der Waals surface area contributed by atoms with E-state index < -0.39 is 0 Å². The average molecular weight is 409 g/mol. The van der Waals surface area contributed by atoms with Crippen LogP contribution in [-0.4, -0.2) is 82.1 Å². The molecule has 2 aliphatic rings. The minimum atomic E-state index is -0.0645. The van der Waals surface area contributed by atoms with Gasteiger partial charge in [-0.25, -0.2) is 0 Å². The maximum absolute atomic E-state index is 8.90. The van der Waals surface area contributed by atoms with Crippen molar-refractivity contribution in [2.75, 3.05) is 59.7 Å². The lowest BCUT2D eigenvalue weighted by atomic mass is 10.1. The first-order valence-corrected chi connectivity index (χ1v) is 10.9. The van der Waals surface area contributed by atoms with E-state index in [0.717, 1.165) is 51.3 Å². The Kier molecular flexibility index (Phi) is 9.66. The molecule has 0 radical (unpaired) electrons. The first-order valence-electron chi connectivity index (χ1n) is 10.9. The highest BCUT2D eigenvalue weighted by atomic mass is 16.7. The summed E-state index contributed by atoms with van der Waals surface area (Å²) >= 11 is 0. The second-order valence-corrected chi connectivity index (χ2v) is 7.69. The third kappa shape index (κ3) is 7.51. The highest BCUT2D eigenvalue weighted by Crippen LogP contribution is 2.21. The van der Waals surface area contributed by atoms with E-state index in [4.69, 9.17) is 24.1 Å². The second kappa shape index (κ2) is 12.5. The minimum Gasteiger partial charge on any atom is -0.491 e. The van der Waals surface area contributed by atoms with E-state index in [9.17, 15) is 0 Å². The van der Waals surface area contributed by atoms with Crippen LogP contribution in [0.25, 0.3) is 0 Å². The zero-order valence-corrected chi connectivity index (χ0v) is 17.6. The fourth-order valence-electron chi connectivity index (χ4n) is 3.92. The van der Waals surface area contributed by atoms with Crippen molar-refractivity contribution in [2.24, 2.45) is 0 Å². The maximum atomic E-state index is 8.90. The van der Waals surface area contributed by atoms with Crippen molar-refractivity contribution in [1.29, 1.82) is 0 Å². The molecule has 0 aromatic heterocycles. The quantitative estimate of drug-likeness (QED) is 0.512. The topological polar surface area (TPSA) is 72.4 Å². The first-order chi connectivity index (χ1) is 14.3. The molecule has 164 valence electrons. The van der Waals surface area contributed by atoms with Crippen LogP contribution in [0.4, 0.5) is 0 Å². The van der Waals surface area contributed by atoms with Crippen molar-refractivity contribution < 1.29 is 24.1 Å². The summed E-state index contributed by atoms with van der Waals surface area (Å²) in [5.74, 6) is 0.857. The van der Waals surface area contributed by atoms with E-state index in [1.807, 2.05) is 19.2 Å². The molecule has 1 aromatic carbocycles. The largest absolute Gasteiger partial charge is 0.491 e. The highest BCUT2D eigenvalue weighted by molar-refractivity contribution is 5.29. The summed E-state index contributed by atoms with van der Waals surface area (Å²) < 4.78 is 22.7. The van der Waals surface area contributed by atoms with Gasteiger partial charge in [-0.05, 0) is 50.4 Å². The number of benzene rings is 1. The van der Waals surface area contributed by atoms with Gasteiger partial charge in [-0.15, -0.1) is 0 Å². The Labute approximate surface area is 174 Å². The fraction of sp³-hybridized carbons (Fsp3) is 0.727. The molecular weight excluding hydrogens is 372 g/mol. The van der Waals surface area contributed by atoms with Crippen molar-refractivity contribution in [3.63, 3.8) is 0 Å². The first kappa shape index (κ1) is 22.5. The van der Waals surface area contributed by atoms with E-state index in [2.05, 4.69) is 22.3 Å². The molecule has 0 saturated carbocycles. The Morgan fingerprint density at radius 3 is 2.72 bits per heavy atom. The third-order valence-corrected chi connectivity index (χ3v) is 5.54. The molecule has 3 atom stereocenters. The number of likely N-dealkylation sites (N-methyl/N-ethyl adjacent to an activating group) is 1. The van der Waals surface area contributed by atoms with Gasteiger partial charge in [-0.1, -0.05) is 12.1 Å². The summed E-state index contributed by atoms with van der Waals surface area (Å²) in [5, 5.41) is 12.3. The molecule has 0 spiro atoms. The lowest BCUT2D eigenvalue weighted by Gasteiger charge is -2.24. The normalized spacial score (nSPS) is 23.9. The summed E-state index contributed by atoms with van der Waals surface area (Å²) in [5.41, 5.74) is 1.24. The van der Waals surface area contributed by atoms with Crippen molar-refractivity contribution >= 4 is 0 Å². The fourth-order valence-corrected chi connectivity index (χ4v) is 3.92. The molecule has 3 rings (SSSR count). The molecule has 2 unspecified atom stereocenters. The number of nitrogens with zero attached hydrogens (tertiary/aromatic N) is 1. The third-order valence-electron chi connectivity index (χ3n) is 5.54. The molecule has 0 aliphatic carbocycles. The summed E-state index contributed by atoms with van der Waals surface area (Å²) in [4.78, 5) is 2.41. The van der Waals surface area contributed by atoms with Crippen LogP contribution in [0.3, 0.4) is 0 Å². The highest BCUT2D eigenvalue weighted by Gasteiger charge is 2.25. The number of rotatable bonds is 12. The molecule has 7 nitrogen and oxygen atoms in total. The van der Waals surface area contributed by atoms with Crippen LogP contribution < -0.4 is 10.1 Å². The van der Waals surface area contributed by atoms with E-state index >= 15 is 0 Å². The van der Waals surface area contributed by atoms with Crippen LogP contribution in [0.1, 0.15) is 37.3 Å². The average Bonchev–Trinajstić information content (AvgIpc) is 3.22. The molecule has 2 aliphatic heterocycles. The molecule has 2 N–H and O–H groups in total. The van der Waals surface area contributed by atoms with Gasteiger partial charge in [0.25, 0.3) is 0 Å². The Balaban J connectivity index is 1.38. The van der Waals surface area contributed by atoms with Gasteiger partial charge in [-0.3, -0.25) is 4.90 Å². The van der Waals surface area contributed by atoms with E-state index in [0.29, 0.717) is 19.8 Å². The molecule has 2 heterocycles. The van der Waals surface area contributed by atoms with Gasteiger partial charge in [0.1, 0.15) is 12.4 Å². The standard InChI is InChI=1S/C22H36N2O5/c1-23-21(17-24-10-9-20(16-24)26-13-11-25)18-5-7-19(8-6-18)27-14-15-29-22-4-2-3-12-28-22/h5-8,20-23,25H,2-4,9-17H2,1H3/t20?,21-,22?/m1/s1. The molecule has 2 fully saturated rings. The van der Waals surface area contributed by atoms with Gasteiger partial charge < -0.3 is 29.4 Å². The number of aliphatic hydroxyl groups is 1. The summed E-state index contributed by atoms with van der Waals surface area (Å²) in [6.07, 6.45) is 4.48. The van der Waals surface area contributed by atoms with Crippen molar-refractivity contribution in [2.45, 2.75) is 44.1 Å². The maximum Gasteiger partial charge on any atom is 0.157 e. The van der Waals surface area contributed by atoms with Crippen molar-refractivity contribution in [1.82, 2.24) is 10.2 Å². The number of nitrogens with one attached hydrogen (secondary N) is 1. The summed E-state index contributed by atoms with van der Waals surface area (Å²) in [6.45, 7) is 5.26. The smallest absolute Gasteiger partial charge is 0.157 e. The number of aliphatic hydroxyl groups excluding tert-OH is 1. The van der Waals surface area contributed by atoms with Crippen LogP contribution in [0.5, 0.6) is 5.75 Å². The van der Waals surface area contributed by atoms with Gasteiger partial charge in [0.2, 0.25) is 0 Å². The van der Waals surface area contributed by atoms with E-state index in [1.165, 1.54) is 12.0 Å². The Hall–Kier alpha value is -1.22.